The van der Waals surface area contributed by atoms with Gasteiger partial charge in [-0.05, 0) is 31.4 Å². The molecule has 0 aliphatic rings. The molecule has 0 fully saturated rings. The van der Waals surface area contributed by atoms with Crippen molar-refractivity contribution in [2.45, 2.75) is 52.6 Å². The molecule has 2 atom stereocenters. The van der Waals surface area contributed by atoms with Crippen LogP contribution in [0, 0.1) is 13.8 Å². The minimum atomic E-state index is -0.212. The normalized spacial score (nSPS) is 15.0. The molecule has 0 aromatic heterocycles. The van der Waals surface area contributed by atoms with Crippen molar-refractivity contribution in [3.8, 4) is 0 Å². The van der Waals surface area contributed by atoms with E-state index in [9.17, 15) is 5.11 Å². The van der Waals surface area contributed by atoms with E-state index in [2.05, 4.69) is 45.9 Å². The van der Waals surface area contributed by atoms with Gasteiger partial charge in [0.1, 0.15) is 0 Å². The highest BCUT2D eigenvalue weighted by Gasteiger charge is 2.16. The van der Waals surface area contributed by atoms with E-state index in [4.69, 9.17) is 0 Å². The third kappa shape index (κ3) is 3.07. The summed E-state index contributed by atoms with van der Waals surface area (Å²) in [7, 11) is 0. The van der Waals surface area contributed by atoms with Crippen molar-refractivity contribution in [3.05, 3.63) is 34.9 Å². The summed E-state index contributed by atoms with van der Waals surface area (Å²) < 4.78 is 0. The summed E-state index contributed by atoms with van der Waals surface area (Å²) in [5.41, 5.74) is 3.85. The van der Waals surface area contributed by atoms with Gasteiger partial charge in [0.2, 0.25) is 0 Å². The maximum absolute atomic E-state index is 9.96. The summed E-state index contributed by atoms with van der Waals surface area (Å²) in [5.74, 6) is 0.241. The van der Waals surface area contributed by atoms with Gasteiger partial charge in [-0.2, -0.15) is 0 Å². The first-order chi connectivity index (χ1) is 7.06. The van der Waals surface area contributed by atoms with Gasteiger partial charge < -0.3 is 5.11 Å². The highest BCUT2D eigenvalue weighted by molar-refractivity contribution is 5.33. The first-order valence-corrected chi connectivity index (χ1v) is 5.81. The number of aryl methyl sites for hydroxylation is 2. The molecule has 1 N–H and O–H groups in total. The molecule has 0 radical (unpaired) electrons. The Kier molecular flexibility index (Phi) is 4.34. The number of aliphatic hydroxyl groups is 1. The molecule has 1 heteroatoms. The van der Waals surface area contributed by atoms with Gasteiger partial charge >= 0.3 is 0 Å². The minimum Gasteiger partial charge on any atom is -0.393 e. The Bertz CT molecular complexity index is 317. The van der Waals surface area contributed by atoms with Crippen molar-refractivity contribution in [3.63, 3.8) is 0 Å². The third-order valence-electron chi connectivity index (χ3n) is 3.08. The lowest BCUT2D eigenvalue weighted by Crippen LogP contribution is -2.16. The van der Waals surface area contributed by atoms with Crippen LogP contribution in [-0.2, 0) is 0 Å². The average molecular weight is 206 g/mol. The van der Waals surface area contributed by atoms with E-state index in [1.54, 1.807) is 0 Å². The van der Waals surface area contributed by atoms with Crippen molar-refractivity contribution in [2.24, 2.45) is 0 Å². The molecule has 0 saturated carbocycles. The van der Waals surface area contributed by atoms with Gasteiger partial charge in [0, 0.05) is 5.92 Å². The van der Waals surface area contributed by atoms with Crippen LogP contribution in [0.3, 0.4) is 0 Å². The lowest BCUT2D eigenvalue weighted by molar-refractivity contribution is 0.138. The van der Waals surface area contributed by atoms with Crippen molar-refractivity contribution >= 4 is 0 Å². The summed E-state index contributed by atoms with van der Waals surface area (Å²) in [4.78, 5) is 0. The minimum absolute atomic E-state index is 0.212. The Morgan fingerprint density at radius 1 is 1.27 bits per heavy atom. The molecule has 2 unspecified atom stereocenters. The molecule has 0 spiro atoms. The molecule has 0 aliphatic heterocycles. The van der Waals surface area contributed by atoms with Gasteiger partial charge in [-0.25, -0.2) is 0 Å². The highest BCUT2D eigenvalue weighted by Crippen LogP contribution is 2.25. The number of rotatable bonds is 4. The zero-order chi connectivity index (χ0) is 11.4. The molecular formula is C14H22O. The molecule has 1 nitrogen and oxygen atoms in total. The van der Waals surface area contributed by atoms with Gasteiger partial charge in [-0.1, -0.05) is 44.0 Å². The maximum atomic E-state index is 9.96. The highest BCUT2D eigenvalue weighted by atomic mass is 16.3. The van der Waals surface area contributed by atoms with Crippen molar-refractivity contribution < 1.29 is 5.11 Å². The molecule has 0 saturated heterocycles. The first-order valence-electron chi connectivity index (χ1n) is 5.81. The van der Waals surface area contributed by atoms with E-state index in [0.29, 0.717) is 0 Å². The second kappa shape index (κ2) is 5.32. The van der Waals surface area contributed by atoms with Crippen molar-refractivity contribution in [1.29, 1.82) is 0 Å². The second-order valence-corrected chi connectivity index (χ2v) is 4.50. The number of hydrogen-bond acceptors (Lipinski definition) is 1. The summed E-state index contributed by atoms with van der Waals surface area (Å²) >= 11 is 0. The Labute approximate surface area is 93.1 Å². The molecule has 0 heterocycles. The van der Waals surface area contributed by atoms with Crippen LogP contribution in [-0.4, -0.2) is 11.2 Å². The van der Waals surface area contributed by atoms with E-state index in [0.717, 1.165) is 12.8 Å². The zero-order valence-electron chi connectivity index (χ0n) is 10.2. The topological polar surface area (TPSA) is 20.2 Å². The molecule has 84 valence electrons. The van der Waals surface area contributed by atoms with Gasteiger partial charge in [0.15, 0.2) is 0 Å². The van der Waals surface area contributed by atoms with E-state index >= 15 is 0 Å². The fraction of sp³-hybridized carbons (Fsp3) is 0.571. The van der Waals surface area contributed by atoms with Crippen LogP contribution in [0.4, 0.5) is 0 Å². The lowest BCUT2D eigenvalue weighted by Gasteiger charge is -2.20. The molecule has 1 aromatic carbocycles. The maximum Gasteiger partial charge on any atom is 0.0606 e. The smallest absolute Gasteiger partial charge is 0.0606 e. The van der Waals surface area contributed by atoms with Crippen molar-refractivity contribution in [1.82, 2.24) is 0 Å². The SMILES string of the molecule is CCCC(O)C(C)c1ccc(C)cc1C. The number of aliphatic hydroxyl groups excluding tert-OH is 1. The monoisotopic (exact) mass is 206 g/mol. The van der Waals surface area contributed by atoms with E-state index in [1.165, 1.54) is 16.7 Å². The van der Waals surface area contributed by atoms with Crippen LogP contribution >= 0.6 is 0 Å². The summed E-state index contributed by atoms with van der Waals surface area (Å²) in [5, 5.41) is 9.96. The van der Waals surface area contributed by atoms with Gasteiger partial charge in [-0.15, -0.1) is 0 Å². The van der Waals surface area contributed by atoms with Crippen LogP contribution in [0.25, 0.3) is 0 Å². The molecule has 1 aromatic rings. The van der Waals surface area contributed by atoms with Crippen molar-refractivity contribution in [2.75, 3.05) is 0 Å². The fourth-order valence-corrected chi connectivity index (χ4v) is 2.09. The van der Waals surface area contributed by atoms with E-state index in [-0.39, 0.29) is 12.0 Å². The second-order valence-electron chi connectivity index (χ2n) is 4.50. The molecule has 15 heavy (non-hydrogen) atoms. The van der Waals surface area contributed by atoms with Crippen LogP contribution in [0.5, 0.6) is 0 Å². The summed E-state index contributed by atoms with van der Waals surface area (Å²) in [6.45, 7) is 8.44. The predicted molar refractivity (Wildman–Crippen MR) is 65.2 cm³/mol. The largest absolute Gasteiger partial charge is 0.393 e. The molecule has 0 amide bonds. The Hall–Kier alpha value is -0.820. The Morgan fingerprint density at radius 3 is 2.47 bits per heavy atom. The summed E-state index contributed by atoms with van der Waals surface area (Å²) in [6.07, 6.45) is 1.71. The number of hydrogen-bond donors (Lipinski definition) is 1. The lowest BCUT2D eigenvalue weighted by atomic mass is 9.89. The fourth-order valence-electron chi connectivity index (χ4n) is 2.09. The average Bonchev–Trinajstić information content (AvgIpc) is 2.17. The molecule has 0 aliphatic carbocycles. The first kappa shape index (κ1) is 12.3. The molecule has 1 rings (SSSR count). The van der Waals surface area contributed by atoms with Gasteiger partial charge in [0.25, 0.3) is 0 Å². The standard InChI is InChI=1S/C14H22O/c1-5-6-14(15)12(4)13-8-7-10(2)9-11(13)3/h7-9,12,14-15H,5-6H2,1-4H3. The third-order valence-corrected chi connectivity index (χ3v) is 3.08. The summed E-state index contributed by atoms with van der Waals surface area (Å²) in [6, 6.07) is 6.45. The molecule has 0 bridgehead atoms. The van der Waals surface area contributed by atoms with E-state index in [1.807, 2.05) is 0 Å². The van der Waals surface area contributed by atoms with Crippen LogP contribution in [0.2, 0.25) is 0 Å². The molecular weight excluding hydrogens is 184 g/mol. The van der Waals surface area contributed by atoms with Crippen LogP contribution in [0.1, 0.15) is 49.3 Å². The van der Waals surface area contributed by atoms with E-state index < -0.39 is 0 Å². The van der Waals surface area contributed by atoms with Gasteiger partial charge in [0.05, 0.1) is 6.10 Å². The Balaban J connectivity index is 2.86. The van der Waals surface area contributed by atoms with Gasteiger partial charge in [-0.3, -0.25) is 0 Å². The Morgan fingerprint density at radius 2 is 1.93 bits per heavy atom. The van der Waals surface area contributed by atoms with Crippen LogP contribution < -0.4 is 0 Å². The number of benzene rings is 1. The zero-order valence-corrected chi connectivity index (χ0v) is 10.2. The van der Waals surface area contributed by atoms with Crippen LogP contribution in [0.15, 0.2) is 18.2 Å². The predicted octanol–water partition coefficient (Wildman–Crippen LogP) is 3.57. The quantitative estimate of drug-likeness (QED) is 0.798.